The summed E-state index contributed by atoms with van der Waals surface area (Å²) in [5, 5.41) is 14.1. The third kappa shape index (κ3) is 7.53. The van der Waals surface area contributed by atoms with Crippen LogP contribution in [0.4, 0.5) is 0 Å². The summed E-state index contributed by atoms with van der Waals surface area (Å²) >= 11 is 1.11. The van der Waals surface area contributed by atoms with Crippen LogP contribution in [0.2, 0.25) is 0 Å². The number of likely N-dealkylation sites (N-methyl/N-ethyl adjacent to an activating group) is 2. The van der Waals surface area contributed by atoms with Gasteiger partial charge in [0, 0.05) is 31.8 Å². The van der Waals surface area contributed by atoms with Gasteiger partial charge in [0.1, 0.15) is 11.0 Å². The molecule has 0 bridgehead atoms. The molecule has 214 valence electrons. The van der Waals surface area contributed by atoms with Crippen molar-refractivity contribution in [2.45, 2.75) is 97.4 Å². The molecule has 1 unspecified atom stereocenters. The largest absolute Gasteiger partial charge is 0.476 e. The number of piperidine rings is 1. The van der Waals surface area contributed by atoms with Gasteiger partial charge in [-0.3, -0.25) is 19.3 Å². The summed E-state index contributed by atoms with van der Waals surface area (Å²) in [6.07, 6.45) is 2.88. The van der Waals surface area contributed by atoms with E-state index >= 15 is 0 Å². The van der Waals surface area contributed by atoms with Crippen LogP contribution in [0.1, 0.15) is 95.2 Å². The van der Waals surface area contributed by atoms with Gasteiger partial charge in [0.2, 0.25) is 11.8 Å². The van der Waals surface area contributed by atoms with Crippen molar-refractivity contribution in [2.75, 3.05) is 20.6 Å². The van der Waals surface area contributed by atoms with Gasteiger partial charge >= 0.3 is 11.9 Å². The summed E-state index contributed by atoms with van der Waals surface area (Å²) in [5.74, 6) is -2.15. The van der Waals surface area contributed by atoms with E-state index in [1.807, 2.05) is 41.7 Å². The number of amides is 2. The number of carboxylic acids is 1. The van der Waals surface area contributed by atoms with Crippen LogP contribution in [0.25, 0.3) is 0 Å². The molecule has 10 nitrogen and oxygen atoms in total. The fraction of sp³-hybridized carbons (Fsp3) is 0.741. The number of nitrogens with one attached hydrogen (secondary N) is 1. The Morgan fingerprint density at radius 2 is 1.92 bits per heavy atom. The lowest BCUT2D eigenvalue weighted by atomic mass is 9.86. The highest BCUT2D eigenvalue weighted by Gasteiger charge is 2.42. The average Bonchev–Trinajstić information content (AvgIpc) is 3.35. The number of rotatable bonds is 12. The molecule has 1 aromatic rings. The quantitative estimate of drug-likeness (QED) is 0.375. The second kappa shape index (κ2) is 13.5. The highest BCUT2D eigenvalue weighted by molar-refractivity contribution is 7.09. The van der Waals surface area contributed by atoms with Crippen LogP contribution in [-0.4, -0.2) is 81.9 Å². The molecule has 2 amide bonds. The van der Waals surface area contributed by atoms with E-state index in [4.69, 9.17) is 4.74 Å². The van der Waals surface area contributed by atoms with Crippen molar-refractivity contribution in [2.24, 2.45) is 11.8 Å². The number of thiazole rings is 1. The number of hydrogen-bond donors (Lipinski definition) is 2. The smallest absolute Gasteiger partial charge is 0.355 e. The topological polar surface area (TPSA) is 129 Å². The van der Waals surface area contributed by atoms with Crippen molar-refractivity contribution >= 4 is 35.1 Å². The molecule has 1 aromatic heterocycles. The standard InChI is InChI=1S/C27H44N4O6S/c1-9-17(4)22(29-26(36)27(6)12-10-11-13-30(27)7)24(33)31(8)20(16(2)3)14-21(37-18(5)32)23-28-19(15-38-23)25(34)35/h15-17,20-22H,9-14H2,1-8H3,(H,29,36)(H,34,35)/t17?,20-,21-,22+,27+/m1/s1. The Balaban J connectivity index is 2.31. The summed E-state index contributed by atoms with van der Waals surface area (Å²) in [7, 11) is 3.65. The molecule has 1 saturated heterocycles. The number of aromatic nitrogens is 1. The molecule has 38 heavy (non-hydrogen) atoms. The first-order valence-corrected chi connectivity index (χ1v) is 14.3. The Labute approximate surface area is 230 Å². The zero-order valence-corrected chi connectivity index (χ0v) is 24.8. The van der Waals surface area contributed by atoms with Crippen molar-refractivity contribution in [3.8, 4) is 0 Å². The average molecular weight is 553 g/mol. The zero-order chi connectivity index (χ0) is 28.8. The second-order valence-corrected chi connectivity index (χ2v) is 11.8. The minimum Gasteiger partial charge on any atom is -0.476 e. The van der Waals surface area contributed by atoms with E-state index < -0.39 is 29.6 Å². The van der Waals surface area contributed by atoms with Crippen molar-refractivity contribution in [1.29, 1.82) is 0 Å². The third-order valence-electron chi connectivity index (χ3n) is 7.90. The number of hydrogen-bond acceptors (Lipinski definition) is 8. The molecule has 1 fully saturated rings. The second-order valence-electron chi connectivity index (χ2n) is 11.0. The Morgan fingerprint density at radius 1 is 1.26 bits per heavy atom. The minimum absolute atomic E-state index is 0.0174. The fourth-order valence-electron chi connectivity index (χ4n) is 4.94. The Bertz CT molecular complexity index is 998. The highest BCUT2D eigenvalue weighted by Crippen LogP contribution is 2.31. The maximum Gasteiger partial charge on any atom is 0.355 e. The van der Waals surface area contributed by atoms with Crippen molar-refractivity contribution < 1.29 is 29.0 Å². The summed E-state index contributed by atoms with van der Waals surface area (Å²) in [4.78, 5) is 58.5. The van der Waals surface area contributed by atoms with Crippen LogP contribution in [0.5, 0.6) is 0 Å². The van der Waals surface area contributed by atoms with E-state index in [0.717, 1.165) is 37.1 Å². The fourth-order valence-corrected chi connectivity index (χ4v) is 5.77. The molecule has 2 N–H and O–H groups in total. The lowest BCUT2D eigenvalue weighted by Gasteiger charge is -2.43. The van der Waals surface area contributed by atoms with Crippen LogP contribution in [0.15, 0.2) is 5.38 Å². The first-order valence-electron chi connectivity index (χ1n) is 13.4. The third-order valence-corrected chi connectivity index (χ3v) is 8.84. The lowest BCUT2D eigenvalue weighted by molar-refractivity contribution is -0.149. The Kier molecular flexibility index (Phi) is 11.3. The predicted molar refractivity (Wildman–Crippen MR) is 146 cm³/mol. The van der Waals surface area contributed by atoms with Gasteiger partial charge in [0.15, 0.2) is 11.8 Å². The molecular formula is C27H44N4O6S. The van der Waals surface area contributed by atoms with Gasteiger partial charge in [0.25, 0.3) is 0 Å². The number of likely N-dealkylation sites (tertiary alicyclic amines) is 1. The SMILES string of the molecule is CCC(C)[C@H](NC(=O)[C@]1(C)CCCCN1C)C(=O)N(C)[C@H](C[C@@H](OC(C)=O)c1nc(C(=O)O)cs1)C(C)C. The first kappa shape index (κ1) is 31.7. The molecule has 0 aliphatic carbocycles. The van der Waals surface area contributed by atoms with Crippen molar-refractivity contribution in [3.63, 3.8) is 0 Å². The molecular weight excluding hydrogens is 508 g/mol. The molecule has 0 spiro atoms. The van der Waals surface area contributed by atoms with Crippen LogP contribution in [0, 0.1) is 11.8 Å². The van der Waals surface area contributed by atoms with E-state index in [9.17, 15) is 24.3 Å². The summed E-state index contributed by atoms with van der Waals surface area (Å²) in [5.41, 5.74) is -0.790. The number of ether oxygens (including phenoxy) is 1. The molecule has 0 saturated carbocycles. The Hall–Kier alpha value is -2.53. The number of aromatic carboxylic acids is 1. The first-order chi connectivity index (χ1) is 17.7. The van der Waals surface area contributed by atoms with Crippen LogP contribution in [0.3, 0.4) is 0 Å². The van der Waals surface area contributed by atoms with E-state index in [-0.39, 0.29) is 41.8 Å². The van der Waals surface area contributed by atoms with Crippen LogP contribution < -0.4 is 5.32 Å². The van der Waals surface area contributed by atoms with Crippen molar-refractivity contribution in [3.05, 3.63) is 16.1 Å². The molecule has 2 heterocycles. The maximum absolute atomic E-state index is 13.9. The highest BCUT2D eigenvalue weighted by atomic mass is 32.1. The van der Waals surface area contributed by atoms with Gasteiger partial charge in [-0.05, 0) is 51.6 Å². The van der Waals surface area contributed by atoms with Gasteiger partial charge in [-0.2, -0.15) is 0 Å². The molecule has 2 rings (SSSR count). The summed E-state index contributed by atoms with van der Waals surface area (Å²) < 4.78 is 5.54. The number of carbonyl (C=O) groups excluding carboxylic acids is 3. The van der Waals surface area contributed by atoms with Crippen LogP contribution in [-0.2, 0) is 19.1 Å². The molecule has 11 heteroatoms. The number of nitrogens with zero attached hydrogens (tertiary/aromatic N) is 3. The number of carboxylic acid groups (broad SMARTS) is 1. The minimum atomic E-state index is -1.16. The molecule has 1 aliphatic rings. The Morgan fingerprint density at radius 3 is 2.42 bits per heavy atom. The molecule has 1 aliphatic heterocycles. The van der Waals surface area contributed by atoms with Crippen molar-refractivity contribution in [1.82, 2.24) is 20.1 Å². The van der Waals surface area contributed by atoms with Gasteiger partial charge in [-0.25, -0.2) is 9.78 Å². The molecule has 5 atom stereocenters. The number of esters is 1. The van der Waals surface area contributed by atoms with Gasteiger partial charge in [0.05, 0.1) is 5.54 Å². The monoisotopic (exact) mass is 552 g/mol. The summed E-state index contributed by atoms with van der Waals surface area (Å²) in [6, 6.07) is -1.07. The normalized spacial score (nSPS) is 21.3. The molecule has 0 radical (unpaired) electrons. The molecule has 0 aromatic carbocycles. The van der Waals surface area contributed by atoms with Gasteiger partial charge < -0.3 is 20.1 Å². The van der Waals surface area contributed by atoms with Crippen LogP contribution >= 0.6 is 11.3 Å². The van der Waals surface area contributed by atoms with E-state index in [1.54, 1.807) is 11.9 Å². The van der Waals surface area contributed by atoms with Gasteiger partial charge in [-0.15, -0.1) is 11.3 Å². The van der Waals surface area contributed by atoms with E-state index in [2.05, 4.69) is 15.2 Å². The zero-order valence-electron chi connectivity index (χ0n) is 23.9. The van der Waals surface area contributed by atoms with Gasteiger partial charge in [-0.1, -0.05) is 34.1 Å². The lowest BCUT2D eigenvalue weighted by Crippen LogP contribution is -2.62. The predicted octanol–water partition coefficient (Wildman–Crippen LogP) is 3.72. The number of carbonyl (C=O) groups is 4. The maximum atomic E-state index is 13.9. The van der Waals surface area contributed by atoms with E-state index in [0.29, 0.717) is 11.4 Å². The summed E-state index contributed by atoms with van der Waals surface area (Å²) in [6.45, 7) is 11.9. The van der Waals surface area contributed by atoms with E-state index in [1.165, 1.54) is 12.3 Å².